The summed E-state index contributed by atoms with van der Waals surface area (Å²) < 4.78 is 3.05. The molecule has 0 bridgehead atoms. The third-order valence-electron chi connectivity index (χ3n) is 2.87. The van der Waals surface area contributed by atoms with Gasteiger partial charge in [0.25, 0.3) is 0 Å². The van der Waals surface area contributed by atoms with E-state index < -0.39 is 0 Å². The molecule has 0 aliphatic heterocycles. The number of aryl methyl sites for hydroxylation is 1. The van der Waals surface area contributed by atoms with E-state index in [0.717, 1.165) is 15.7 Å². The molecule has 2 heterocycles. The molecule has 0 N–H and O–H groups in total. The molecule has 0 radical (unpaired) electrons. The number of pyridine rings is 1. The minimum Gasteiger partial charge on any atom is -0.250 e. The maximum Gasteiger partial charge on any atom is 0.350 e. The van der Waals surface area contributed by atoms with Crippen molar-refractivity contribution in [3.8, 4) is 0 Å². The molecule has 1 aromatic carbocycles. The maximum absolute atomic E-state index is 12.1. The summed E-state index contributed by atoms with van der Waals surface area (Å²) in [5.41, 5.74) is 0.575. The van der Waals surface area contributed by atoms with Gasteiger partial charge in [0.2, 0.25) is 0 Å². The van der Waals surface area contributed by atoms with Crippen LogP contribution in [0.2, 0.25) is 5.02 Å². The van der Waals surface area contributed by atoms with Crippen molar-refractivity contribution in [2.75, 3.05) is 5.75 Å². The SMILES string of the molecule is O=c1n(CCSc2ccc(Cl)cc2)nc2ccccn12. The van der Waals surface area contributed by atoms with E-state index in [0.29, 0.717) is 12.2 Å². The number of rotatable bonds is 4. The zero-order valence-corrected chi connectivity index (χ0v) is 12.1. The van der Waals surface area contributed by atoms with E-state index in [2.05, 4.69) is 5.10 Å². The third-order valence-corrected chi connectivity index (χ3v) is 4.12. The largest absolute Gasteiger partial charge is 0.350 e. The van der Waals surface area contributed by atoms with Gasteiger partial charge in [0, 0.05) is 21.9 Å². The molecule has 0 unspecified atom stereocenters. The van der Waals surface area contributed by atoms with Crippen LogP contribution in [-0.4, -0.2) is 19.9 Å². The molecule has 20 heavy (non-hydrogen) atoms. The van der Waals surface area contributed by atoms with Crippen molar-refractivity contribution in [2.45, 2.75) is 11.4 Å². The normalized spacial score (nSPS) is 11.1. The van der Waals surface area contributed by atoms with E-state index in [1.165, 1.54) is 4.68 Å². The zero-order valence-electron chi connectivity index (χ0n) is 10.6. The van der Waals surface area contributed by atoms with Gasteiger partial charge in [-0.3, -0.25) is 4.40 Å². The van der Waals surface area contributed by atoms with Gasteiger partial charge < -0.3 is 0 Å². The molecule has 0 amide bonds. The molecular formula is C14H12ClN3OS. The van der Waals surface area contributed by atoms with Crippen LogP contribution in [0.15, 0.2) is 58.4 Å². The van der Waals surface area contributed by atoms with Crippen molar-refractivity contribution in [1.82, 2.24) is 14.2 Å². The Hall–Kier alpha value is -1.72. The van der Waals surface area contributed by atoms with Gasteiger partial charge in [-0.05, 0) is 36.4 Å². The lowest BCUT2D eigenvalue weighted by atomic mass is 10.4. The molecule has 0 saturated carbocycles. The first-order valence-electron chi connectivity index (χ1n) is 6.16. The quantitative estimate of drug-likeness (QED) is 0.696. The van der Waals surface area contributed by atoms with Crippen molar-refractivity contribution in [3.05, 3.63) is 64.2 Å². The van der Waals surface area contributed by atoms with Crippen LogP contribution in [0.25, 0.3) is 5.65 Å². The fourth-order valence-corrected chi connectivity index (χ4v) is 2.85. The van der Waals surface area contributed by atoms with Gasteiger partial charge in [0.05, 0.1) is 6.54 Å². The van der Waals surface area contributed by atoms with Crippen LogP contribution >= 0.6 is 23.4 Å². The monoisotopic (exact) mass is 305 g/mol. The predicted octanol–water partition coefficient (Wildman–Crippen LogP) is 2.94. The predicted molar refractivity (Wildman–Crippen MR) is 81.6 cm³/mol. The Kier molecular flexibility index (Phi) is 3.80. The summed E-state index contributed by atoms with van der Waals surface area (Å²) in [6.45, 7) is 0.577. The molecule has 0 saturated heterocycles. The van der Waals surface area contributed by atoms with Gasteiger partial charge in [-0.2, -0.15) is 0 Å². The van der Waals surface area contributed by atoms with Gasteiger partial charge >= 0.3 is 5.69 Å². The standard InChI is InChI=1S/C14H12ClN3OS/c15-11-4-6-12(7-5-11)20-10-9-18-14(19)17-8-2-1-3-13(17)16-18/h1-8H,9-10H2. The first-order valence-corrected chi connectivity index (χ1v) is 7.53. The van der Waals surface area contributed by atoms with Gasteiger partial charge in [0.15, 0.2) is 5.65 Å². The third kappa shape index (κ3) is 2.73. The molecule has 2 aromatic heterocycles. The van der Waals surface area contributed by atoms with Gasteiger partial charge in [0.1, 0.15) is 0 Å². The molecule has 3 rings (SSSR count). The van der Waals surface area contributed by atoms with Crippen LogP contribution in [0.3, 0.4) is 0 Å². The average Bonchev–Trinajstić information content (AvgIpc) is 2.78. The number of hydrogen-bond donors (Lipinski definition) is 0. The molecular weight excluding hydrogens is 294 g/mol. The van der Waals surface area contributed by atoms with Crippen molar-refractivity contribution in [2.24, 2.45) is 0 Å². The first-order chi connectivity index (χ1) is 9.74. The molecule has 0 atom stereocenters. The first kappa shape index (κ1) is 13.3. The van der Waals surface area contributed by atoms with Crippen LogP contribution in [0.1, 0.15) is 0 Å². The van der Waals surface area contributed by atoms with Crippen LogP contribution in [0.4, 0.5) is 0 Å². The molecule has 4 nitrogen and oxygen atoms in total. The lowest BCUT2D eigenvalue weighted by Gasteiger charge is -2.01. The Morgan fingerprint density at radius 2 is 1.95 bits per heavy atom. The highest BCUT2D eigenvalue weighted by atomic mass is 35.5. The van der Waals surface area contributed by atoms with Crippen molar-refractivity contribution >= 4 is 29.0 Å². The van der Waals surface area contributed by atoms with Crippen molar-refractivity contribution < 1.29 is 0 Å². The maximum atomic E-state index is 12.1. The summed E-state index contributed by atoms with van der Waals surface area (Å²) in [5, 5.41) is 5.02. The lowest BCUT2D eigenvalue weighted by molar-refractivity contribution is 0.640. The highest BCUT2D eigenvalue weighted by Gasteiger charge is 2.05. The number of fused-ring (bicyclic) bond motifs is 1. The molecule has 0 spiro atoms. The van der Waals surface area contributed by atoms with E-state index in [1.54, 1.807) is 22.4 Å². The second-order valence-corrected chi connectivity index (χ2v) is 5.84. The molecule has 0 fully saturated rings. The Morgan fingerprint density at radius 3 is 2.70 bits per heavy atom. The van der Waals surface area contributed by atoms with Crippen LogP contribution < -0.4 is 5.69 Å². The Balaban J connectivity index is 1.69. The van der Waals surface area contributed by atoms with Crippen LogP contribution in [0.5, 0.6) is 0 Å². The molecule has 0 aliphatic carbocycles. The molecule has 6 heteroatoms. The average molecular weight is 306 g/mol. The molecule has 0 aliphatic rings. The van der Waals surface area contributed by atoms with Crippen molar-refractivity contribution in [3.63, 3.8) is 0 Å². The number of halogens is 1. The van der Waals surface area contributed by atoms with E-state index in [1.807, 2.05) is 42.5 Å². The number of benzene rings is 1. The fraction of sp³-hybridized carbons (Fsp3) is 0.143. The van der Waals surface area contributed by atoms with Crippen LogP contribution in [-0.2, 0) is 6.54 Å². The number of nitrogens with zero attached hydrogens (tertiary/aromatic N) is 3. The molecule has 3 aromatic rings. The second-order valence-electron chi connectivity index (χ2n) is 4.24. The minimum absolute atomic E-state index is 0.0997. The highest BCUT2D eigenvalue weighted by Crippen LogP contribution is 2.20. The number of hydrogen-bond acceptors (Lipinski definition) is 3. The zero-order chi connectivity index (χ0) is 13.9. The van der Waals surface area contributed by atoms with Crippen molar-refractivity contribution in [1.29, 1.82) is 0 Å². The lowest BCUT2D eigenvalue weighted by Crippen LogP contribution is -2.21. The number of thioether (sulfide) groups is 1. The Morgan fingerprint density at radius 1 is 1.15 bits per heavy atom. The summed E-state index contributed by atoms with van der Waals surface area (Å²) in [6.07, 6.45) is 1.73. The number of aromatic nitrogens is 3. The summed E-state index contributed by atoms with van der Waals surface area (Å²) in [5.74, 6) is 0.783. The Labute approximate surface area is 125 Å². The van der Waals surface area contributed by atoms with E-state index in [4.69, 9.17) is 11.6 Å². The summed E-state index contributed by atoms with van der Waals surface area (Å²) in [6, 6.07) is 13.2. The van der Waals surface area contributed by atoms with Gasteiger partial charge in [-0.15, -0.1) is 16.9 Å². The van der Waals surface area contributed by atoms with E-state index in [9.17, 15) is 4.79 Å². The summed E-state index contributed by atoms with van der Waals surface area (Å²) >= 11 is 7.52. The van der Waals surface area contributed by atoms with E-state index in [-0.39, 0.29) is 5.69 Å². The minimum atomic E-state index is -0.0997. The Bertz CT molecular complexity index is 779. The van der Waals surface area contributed by atoms with Gasteiger partial charge in [-0.25, -0.2) is 9.48 Å². The summed E-state index contributed by atoms with van der Waals surface area (Å²) in [7, 11) is 0. The summed E-state index contributed by atoms with van der Waals surface area (Å²) in [4.78, 5) is 13.2. The smallest absolute Gasteiger partial charge is 0.250 e. The second kappa shape index (κ2) is 5.73. The van der Waals surface area contributed by atoms with Gasteiger partial charge in [-0.1, -0.05) is 17.7 Å². The van der Waals surface area contributed by atoms with Crippen LogP contribution in [0, 0.1) is 0 Å². The molecule has 102 valence electrons. The van der Waals surface area contributed by atoms with E-state index >= 15 is 0 Å². The topological polar surface area (TPSA) is 39.3 Å². The fourth-order valence-electron chi connectivity index (χ4n) is 1.89. The highest BCUT2D eigenvalue weighted by molar-refractivity contribution is 7.99.